The van der Waals surface area contributed by atoms with E-state index in [1.54, 1.807) is 0 Å². The van der Waals surface area contributed by atoms with Crippen LogP contribution >= 0.6 is 22.9 Å². The molecule has 0 radical (unpaired) electrons. The van der Waals surface area contributed by atoms with Gasteiger partial charge in [-0.25, -0.2) is 17.5 Å². The van der Waals surface area contributed by atoms with Gasteiger partial charge in [0.2, 0.25) is 10.0 Å². The van der Waals surface area contributed by atoms with E-state index in [-0.39, 0.29) is 22.0 Å². The monoisotopic (exact) mass is 349 g/mol. The Labute approximate surface area is 131 Å². The van der Waals surface area contributed by atoms with Crippen molar-refractivity contribution in [1.82, 2.24) is 4.72 Å². The van der Waals surface area contributed by atoms with Crippen molar-refractivity contribution in [1.29, 1.82) is 0 Å². The predicted octanol–water partition coefficient (Wildman–Crippen LogP) is 2.82. The first kappa shape index (κ1) is 16.4. The molecule has 8 heteroatoms. The van der Waals surface area contributed by atoms with Gasteiger partial charge in [0.1, 0.15) is 5.82 Å². The maximum absolute atomic E-state index is 13.6. The summed E-state index contributed by atoms with van der Waals surface area (Å²) in [6, 6.07) is 3.89. The molecule has 0 spiro atoms. The molecule has 4 nitrogen and oxygen atoms in total. The zero-order valence-electron chi connectivity index (χ0n) is 11.1. The van der Waals surface area contributed by atoms with Gasteiger partial charge >= 0.3 is 0 Å². The molecule has 2 N–H and O–H groups in total. The van der Waals surface area contributed by atoms with Crippen LogP contribution in [0.15, 0.2) is 28.5 Å². The normalized spacial score (nSPS) is 11.8. The van der Waals surface area contributed by atoms with Gasteiger partial charge in [0.25, 0.3) is 0 Å². The van der Waals surface area contributed by atoms with Crippen LogP contribution in [0.2, 0.25) is 5.02 Å². The summed E-state index contributed by atoms with van der Waals surface area (Å²) < 4.78 is 40.4. The maximum Gasteiger partial charge on any atom is 0.241 e. The molecule has 0 fully saturated rings. The summed E-state index contributed by atoms with van der Waals surface area (Å²) in [6.07, 6.45) is 0. The molecule has 0 aliphatic rings. The molecule has 2 aromatic rings. The van der Waals surface area contributed by atoms with Gasteiger partial charge in [0.05, 0.1) is 16.5 Å². The van der Waals surface area contributed by atoms with Crippen LogP contribution < -0.4 is 4.72 Å². The number of rotatable bonds is 5. The molecule has 1 heterocycles. The van der Waals surface area contributed by atoms with E-state index < -0.39 is 22.4 Å². The van der Waals surface area contributed by atoms with Crippen molar-refractivity contribution in [3.63, 3.8) is 0 Å². The second-order valence-electron chi connectivity index (χ2n) is 4.39. The SMILES string of the molecule is Cc1ccsc1CNS(=O)(=O)c1cc(F)c(Cl)c(CO)c1. The molecule has 2 rings (SSSR count). The fourth-order valence-corrected chi connectivity index (χ4v) is 3.88. The minimum Gasteiger partial charge on any atom is -0.392 e. The molecule has 0 amide bonds. The van der Waals surface area contributed by atoms with Crippen LogP contribution in [0.3, 0.4) is 0 Å². The number of thiophene rings is 1. The lowest BCUT2D eigenvalue weighted by Crippen LogP contribution is -2.23. The van der Waals surface area contributed by atoms with E-state index in [2.05, 4.69) is 4.72 Å². The summed E-state index contributed by atoms with van der Waals surface area (Å²) in [7, 11) is -3.88. The highest BCUT2D eigenvalue weighted by Gasteiger charge is 2.19. The van der Waals surface area contributed by atoms with Gasteiger partial charge in [-0.05, 0) is 36.1 Å². The third kappa shape index (κ3) is 3.61. The van der Waals surface area contributed by atoms with Crippen molar-refractivity contribution in [2.24, 2.45) is 0 Å². The van der Waals surface area contributed by atoms with Gasteiger partial charge in [-0.3, -0.25) is 0 Å². The fraction of sp³-hybridized carbons (Fsp3) is 0.231. The van der Waals surface area contributed by atoms with E-state index in [1.807, 2.05) is 18.4 Å². The summed E-state index contributed by atoms with van der Waals surface area (Å²) in [6.45, 7) is 1.47. The number of benzene rings is 1. The Morgan fingerprint density at radius 1 is 1.43 bits per heavy atom. The van der Waals surface area contributed by atoms with Crippen LogP contribution in [0.25, 0.3) is 0 Å². The van der Waals surface area contributed by atoms with Gasteiger partial charge in [-0.2, -0.15) is 0 Å². The highest BCUT2D eigenvalue weighted by molar-refractivity contribution is 7.89. The largest absolute Gasteiger partial charge is 0.392 e. The van der Waals surface area contributed by atoms with E-state index in [0.717, 1.165) is 22.6 Å². The molecule has 0 unspecified atom stereocenters. The molecular formula is C13H13ClFNO3S2. The van der Waals surface area contributed by atoms with E-state index in [9.17, 15) is 12.8 Å². The number of hydrogen-bond acceptors (Lipinski definition) is 4. The minimum absolute atomic E-state index is 0.0318. The molecule has 0 atom stereocenters. The third-order valence-electron chi connectivity index (χ3n) is 2.95. The first-order valence-corrected chi connectivity index (χ1v) is 8.70. The molecule has 0 aliphatic heterocycles. The van der Waals surface area contributed by atoms with Crippen molar-refractivity contribution in [2.75, 3.05) is 0 Å². The smallest absolute Gasteiger partial charge is 0.241 e. The fourth-order valence-electron chi connectivity index (χ4n) is 1.72. The Bertz CT molecular complexity index is 759. The van der Waals surface area contributed by atoms with Crippen LogP contribution in [0.4, 0.5) is 4.39 Å². The molecule has 0 bridgehead atoms. The lowest BCUT2D eigenvalue weighted by atomic mass is 10.2. The van der Waals surface area contributed by atoms with Crippen LogP contribution in [0.1, 0.15) is 16.0 Å². The quantitative estimate of drug-likeness (QED) is 0.872. The second-order valence-corrected chi connectivity index (χ2v) is 7.53. The number of aliphatic hydroxyl groups excluding tert-OH is 1. The molecule has 114 valence electrons. The van der Waals surface area contributed by atoms with Crippen molar-refractivity contribution < 1.29 is 17.9 Å². The van der Waals surface area contributed by atoms with Crippen molar-refractivity contribution in [2.45, 2.75) is 25.0 Å². The summed E-state index contributed by atoms with van der Waals surface area (Å²) in [4.78, 5) is 0.623. The van der Waals surface area contributed by atoms with Gasteiger partial charge < -0.3 is 5.11 Å². The van der Waals surface area contributed by atoms with Crippen molar-refractivity contribution in [3.05, 3.63) is 50.4 Å². The molecule has 1 aromatic carbocycles. The van der Waals surface area contributed by atoms with E-state index in [1.165, 1.54) is 11.3 Å². The summed E-state index contributed by atoms with van der Waals surface area (Å²) in [5.74, 6) is -0.879. The Morgan fingerprint density at radius 3 is 2.71 bits per heavy atom. The lowest BCUT2D eigenvalue weighted by molar-refractivity contribution is 0.281. The lowest BCUT2D eigenvalue weighted by Gasteiger charge is -2.09. The van der Waals surface area contributed by atoms with Crippen molar-refractivity contribution in [3.8, 4) is 0 Å². The zero-order valence-corrected chi connectivity index (χ0v) is 13.4. The second kappa shape index (κ2) is 6.41. The number of aryl methyl sites for hydroxylation is 1. The summed E-state index contributed by atoms with van der Waals surface area (Å²) in [5, 5.41) is 10.7. The summed E-state index contributed by atoms with van der Waals surface area (Å²) >= 11 is 7.08. The summed E-state index contributed by atoms with van der Waals surface area (Å²) in [5.41, 5.74) is 1.02. The van der Waals surface area contributed by atoms with Gasteiger partial charge in [-0.15, -0.1) is 11.3 Å². The van der Waals surface area contributed by atoms with E-state index in [4.69, 9.17) is 16.7 Å². The number of halogens is 2. The van der Waals surface area contributed by atoms with Gasteiger partial charge in [0, 0.05) is 17.0 Å². The molecule has 0 saturated carbocycles. The highest BCUT2D eigenvalue weighted by Crippen LogP contribution is 2.25. The first-order chi connectivity index (χ1) is 9.85. The topological polar surface area (TPSA) is 66.4 Å². The van der Waals surface area contributed by atoms with Crippen LogP contribution in [-0.2, 0) is 23.2 Å². The minimum atomic E-state index is -3.88. The molecule has 0 saturated heterocycles. The number of nitrogens with one attached hydrogen (secondary N) is 1. The van der Waals surface area contributed by atoms with Crippen LogP contribution in [0.5, 0.6) is 0 Å². The Kier molecular flexibility index (Phi) is 5.00. The van der Waals surface area contributed by atoms with Gasteiger partial charge in [-0.1, -0.05) is 11.6 Å². The Balaban J connectivity index is 2.27. The van der Waals surface area contributed by atoms with Gasteiger partial charge in [0.15, 0.2) is 0 Å². The Hall–Kier alpha value is -0.990. The number of sulfonamides is 1. The van der Waals surface area contributed by atoms with E-state index in [0.29, 0.717) is 0 Å². The van der Waals surface area contributed by atoms with Crippen molar-refractivity contribution >= 4 is 33.0 Å². The standard InChI is InChI=1S/C13H13ClFNO3S2/c1-8-2-3-20-12(8)6-16-21(18,19)10-4-9(7-17)13(14)11(15)5-10/h2-5,16-17H,6-7H2,1H3. The first-order valence-electron chi connectivity index (χ1n) is 5.96. The molecule has 21 heavy (non-hydrogen) atoms. The predicted molar refractivity (Wildman–Crippen MR) is 80.4 cm³/mol. The zero-order chi connectivity index (χ0) is 15.6. The van der Waals surface area contributed by atoms with E-state index >= 15 is 0 Å². The highest BCUT2D eigenvalue weighted by atomic mass is 35.5. The number of hydrogen-bond donors (Lipinski definition) is 2. The number of aliphatic hydroxyl groups is 1. The average molecular weight is 350 g/mol. The molecule has 1 aromatic heterocycles. The Morgan fingerprint density at radius 2 is 2.14 bits per heavy atom. The maximum atomic E-state index is 13.6. The molecular weight excluding hydrogens is 337 g/mol. The molecule has 0 aliphatic carbocycles. The average Bonchev–Trinajstić information content (AvgIpc) is 2.85. The third-order valence-corrected chi connectivity index (χ3v) is 5.78. The van der Waals surface area contributed by atoms with Crippen LogP contribution in [0, 0.1) is 12.7 Å². The van der Waals surface area contributed by atoms with Crippen LogP contribution in [-0.4, -0.2) is 13.5 Å².